The second-order valence-corrected chi connectivity index (χ2v) is 9.13. The van der Waals surface area contributed by atoms with Crippen LogP contribution in [-0.4, -0.2) is 38.1 Å². The van der Waals surface area contributed by atoms with E-state index < -0.39 is 18.5 Å². The number of fused-ring (bicyclic) bond motifs is 10. The Balaban J connectivity index is 1.81. The van der Waals surface area contributed by atoms with Crippen LogP contribution < -0.4 is 0 Å². The normalized spacial score (nSPS) is 13.8. The third-order valence-electron chi connectivity index (χ3n) is 7.04. The van der Waals surface area contributed by atoms with Crippen molar-refractivity contribution in [2.45, 2.75) is 33.2 Å². The average molecular weight is 452 g/mol. The van der Waals surface area contributed by atoms with E-state index in [4.69, 9.17) is 0 Å². The summed E-state index contributed by atoms with van der Waals surface area (Å²) in [5, 5.41) is 13.2. The fraction of sp³-hybridized carbons (Fsp3) is 0.214. The summed E-state index contributed by atoms with van der Waals surface area (Å²) in [5.74, 6) is -0.893. The third kappa shape index (κ3) is 2.60. The molecule has 6 heteroatoms. The number of nitrogens with one attached hydrogen (secondary N) is 1. The number of hydrogen-bond donors (Lipinski definition) is 2. The van der Waals surface area contributed by atoms with Crippen LogP contribution in [0.15, 0.2) is 54.6 Å². The number of rotatable bonds is 5. The lowest BCUT2D eigenvalue weighted by Crippen LogP contribution is -2.30. The third-order valence-corrected chi connectivity index (χ3v) is 7.04. The van der Waals surface area contributed by atoms with Crippen LogP contribution in [0, 0.1) is 0 Å². The fourth-order valence-electron chi connectivity index (χ4n) is 5.51. The van der Waals surface area contributed by atoms with Crippen LogP contribution in [0.2, 0.25) is 0 Å². The lowest BCUT2D eigenvalue weighted by Gasteiger charge is -2.08. The first-order valence-electron chi connectivity index (χ1n) is 11.6. The molecule has 0 radical (unpaired) electrons. The number of allylic oxidation sites excluding steroid dienone is 1. The van der Waals surface area contributed by atoms with Crippen molar-refractivity contribution in [1.29, 1.82) is 0 Å². The van der Waals surface area contributed by atoms with Gasteiger partial charge in [-0.3, -0.25) is 14.5 Å². The van der Waals surface area contributed by atoms with Crippen molar-refractivity contribution in [2.75, 3.05) is 6.73 Å². The van der Waals surface area contributed by atoms with Crippen LogP contribution in [0.25, 0.3) is 43.6 Å². The summed E-state index contributed by atoms with van der Waals surface area (Å²) < 4.78 is 2.20. The molecular weight excluding hydrogens is 426 g/mol. The zero-order valence-electron chi connectivity index (χ0n) is 19.2. The Morgan fingerprint density at radius 2 is 1.76 bits per heavy atom. The van der Waals surface area contributed by atoms with Gasteiger partial charge >= 0.3 is 0 Å². The quantitative estimate of drug-likeness (QED) is 0.273. The maximum atomic E-state index is 13.4. The second-order valence-electron chi connectivity index (χ2n) is 9.13. The number of hydrogen-bond acceptors (Lipinski definition) is 3. The Labute approximate surface area is 196 Å². The van der Waals surface area contributed by atoms with Gasteiger partial charge in [-0.1, -0.05) is 35.9 Å². The molecule has 0 saturated heterocycles. The lowest BCUT2D eigenvalue weighted by atomic mass is 9.96. The minimum Gasteiger partial charge on any atom is -0.376 e. The summed E-state index contributed by atoms with van der Waals surface area (Å²) in [6.45, 7) is 8.18. The van der Waals surface area contributed by atoms with E-state index in [0.717, 1.165) is 66.9 Å². The van der Waals surface area contributed by atoms with Crippen molar-refractivity contribution in [3.63, 3.8) is 0 Å². The number of carbonyl (C=O) groups is 2. The van der Waals surface area contributed by atoms with E-state index in [1.165, 1.54) is 5.56 Å². The Kier molecular flexibility index (Phi) is 4.44. The van der Waals surface area contributed by atoms with Crippen LogP contribution in [0.4, 0.5) is 0 Å². The number of carbonyl (C=O) groups excluding carboxylic acids is 2. The summed E-state index contributed by atoms with van der Waals surface area (Å²) in [6, 6.07) is 14.2. The summed E-state index contributed by atoms with van der Waals surface area (Å²) >= 11 is 0. The maximum absolute atomic E-state index is 13.4. The van der Waals surface area contributed by atoms with E-state index in [1.54, 1.807) is 0 Å². The van der Waals surface area contributed by atoms with E-state index in [0.29, 0.717) is 17.7 Å². The van der Waals surface area contributed by atoms with Gasteiger partial charge in [-0.15, -0.1) is 6.58 Å². The molecule has 2 N–H and O–H groups in total. The van der Waals surface area contributed by atoms with Crippen molar-refractivity contribution >= 4 is 55.4 Å². The molecule has 0 spiro atoms. The molecule has 6 nitrogen and oxygen atoms in total. The van der Waals surface area contributed by atoms with Gasteiger partial charge in [-0.05, 0) is 44.4 Å². The first-order valence-corrected chi connectivity index (χ1v) is 11.6. The van der Waals surface area contributed by atoms with Crippen molar-refractivity contribution < 1.29 is 14.7 Å². The van der Waals surface area contributed by atoms with Crippen LogP contribution in [0.3, 0.4) is 0 Å². The van der Waals surface area contributed by atoms with Gasteiger partial charge in [0.15, 0.2) is 0 Å². The number of aryl methyl sites for hydroxylation is 2. The number of nitrogens with zero attached hydrogens (tertiary/aromatic N) is 2. The summed E-state index contributed by atoms with van der Waals surface area (Å²) in [5.41, 5.74) is 6.79. The van der Waals surface area contributed by atoms with E-state index in [1.807, 2.05) is 37.3 Å². The van der Waals surface area contributed by atoms with E-state index >= 15 is 0 Å². The highest BCUT2D eigenvalue weighted by Crippen LogP contribution is 2.45. The summed E-state index contributed by atoms with van der Waals surface area (Å²) in [4.78, 5) is 31.4. The van der Waals surface area contributed by atoms with Gasteiger partial charge in [-0.2, -0.15) is 0 Å². The molecule has 0 bridgehead atoms. The van der Waals surface area contributed by atoms with Gasteiger partial charge in [0, 0.05) is 39.1 Å². The monoisotopic (exact) mass is 451 g/mol. The Bertz CT molecular complexity index is 1700. The zero-order chi connectivity index (χ0) is 23.7. The van der Waals surface area contributed by atoms with E-state index in [2.05, 4.69) is 35.2 Å². The van der Waals surface area contributed by atoms with Crippen LogP contribution in [0.1, 0.15) is 46.5 Å². The molecule has 0 atom stereocenters. The summed E-state index contributed by atoms with van der Waals surface area (Å²) in [7, 11) is 0. The SMILES string of the molecule is C=C(C)CCc1ccc2c(c1)[nH]c1c2c2c(c3c4ccccc4n(CC)c13)C(=O)N(CO)C2=O. The molecule has 3 heterocycles. The molecule has 34 heavy (non-hydrogen) atoms. The summed E-state index contributed by atoms with van der Waals surface area (Å²) in [6.07, 6.45) is 1.80. The van der Waals surface area contributed by atoms with Crippen molar-refractivity contribution in [2.24, 2.45) is 0 Å². The van der Waals surface area contributed by atoms with Crippen molar-refractivity contribution in [3.8, 4) is 0 Å². The number of H-pyrrole nitrogens is 1. The van der Waals surface area contributed by atoms with Crippen LogP contribution in [0.5, 0.6) is 0 Å². The Morgan fingerprint density at radius 3 is 2.47 bits per heavy atom. The van der Waals surface area contributed by atoms with Gasteiger partial charge in [0.2, 0.25) is 0 Å². The number of aliphatic hydroxyl groups is 1. The van der Waals surface area contributed by atoms with Gasteiger partial charge in [0.1, 0.15) is 6.73 Å². The van der Waals surface area contributed by atoms with Gasteiger partial charge in [0.25, 0.3) is 11.8 Å². The minimum atomic E-state index is -0.644. The molecule has 0 saturated carbocycles. The maximum Gasteiger partial charge on any atom is 0.264 e. The molecule has 5 aromatic rings. The number of aromatic amines is 1. The topological polar surface area (TPSA) is 78.3 Å². The van der Waals surface area contributed by atoms with Crippen molar-refractivity contribution in [1.82, 2.24) is 14.5 Å². The molecule has 3 aromatic carbocycles. The van der Waals surface area contributed by atoms with Gasteiger partial charge in [-0.25, -0.2) is 0 Å². The Morgan fingerprint density at radius 1 is 1.03 bits per heavy atom. The molecule has 0 unspecified atom stereocenters. The van der Waals surface area contributed by atoms with E-state index in [9.17, 15) is 14.7 Å². The molecule has 2 aromatic heterocycles. The molecule has 0 fully saturated rings. The average Bonchev–Trinajstić information content (AvgIpc) is 3.44. The molecule has 170 valence electrons. The second kappa shape index (κ2) is 7.30. The van der Waals surface area contributed by atoms with Crippen LogP contribution in [-0.2, 0) is 13.0 Å². The molecule has 1 aliphatic heterocycles. The van der Waals surface area contributed by atoms with Gasteiger partial charge < -0.3 is 14.7 Å². The van der Waals surface area contributed by atoms with Crippen LogP contribution >= 0.6 is 0 Å². The molecule has 6 rings (SSSR count). The van der Waals surface area contributed by atoms with E-state index in [-0.39, 0.29) is 0 Å². The predicted molar refractivity (Wildman–Crippen MR) is 135 cm³/mol. The number of para-hydroxylation sites is 1. The smallest absolute Gasteiger partial charge is 0.264 e. The van der Waals surface area contributed by atoms with Crippen molar-refractivity contribution in [3.05, 3.63) is 71.3 Å². The number of benzene rings is 3. The fourth-order valence-corrected chi connectivity index (χ4v) is 5.51. The standard InChI is InChI=1S/C28H25N3O3/c1-4-30-20-8-6-5-7-18(20)22-24-23(27(33)31(14-32)28(24)34)21-17-12-11-16(10-9-15(2)3)13-19(17)29-25(21)26(22)30/h5-8,11-13,29,32H,2,4,9-10,14H2,1,3H3. The molecule has 1 aliphatic rings. The number of imide groups is 1. The number of aromatic nitrogens is 2. The van der Waals surface area contributed by atoms with Gasteiger partial charge in [0.05, 0.1) is 22.2 Å². The molecular formula is C28H25N3O3. The Hall–Kier alpha value is -3.90. The highest BCUT2D eigenvalue weighted by atomic mass is 16.3. The minimum absolute atomic E-state index is 0.376. The highest BCUT2D eigenvalue weighted by molar-refractivity contribution is 6.39. The lowest BCUT2D eigenvalue weighted by molar-refractivity contribution is 0.0491. The highest BCUT2D eigenvalue weighted by Gasteiger charge is 2.41. The molecule has 0 aliphatic carbocycles. The molecule has 2 amide bonds. The number of aliphatic hydroxyl groups excluding tert-OH is 1. The first-order chi connectivity index (χ1) is 16.5. The number of amides is 2. The first kappa shape index (κ1) is 20.7. The largest absolute Gasteiger partial charge is 0.376 e. The zero-order valence-corrected chi connectivity index (χ0v) is 19.2. The predicted octanol–water partition coefficient (Wildman–Crippen LogP) is 5.50.